The third-order valence-electron chi connectivity index (χ3n) is 5.24. The topological polar surface area (TPSA) is 9.23 Å². The van der Waals surface area contributed by atoms with E-state index in [9.17, 15) is 0 Å². The van der Waals surface area contributed by atoms with Gasteiger partial charge in [-0.3, -0.25) is 0 Å². The molecule has 1 aromatic carbocycles. The summed E-state index contributed by atoms with van der Waals surface area (Å²) in [6, 6.07) is 8.86. The Labute approximate surface area is 143 Å². The molecule has 0 radical (unpaired) electrons. The molecule has 2 rings (SSSR count). The van der Waals surface area contributed by atoms with Crippen molar-refractivity contribution in [2.24, 2.45) is 5.92 Å². The average Bonchev–Trinajstić information content (AvgIpc) is 2.60. The SMILES string of the molecule is C=CCCCOc1ccc(C2CCC(CCCCC)CC2)cc1. The molecule has 0 spiro atoms. The van der Waals surface area contributed by atoms with E-state index in [0.29, 0.717) is 0 Å². The third-order valence-corrected chi connectivity index (χ3v) is 5.24. The van der Waals surface area contributed by atoms with E-state index in [1.165, 1.54) is 56.9 Å². The zero-order valence-electron chi connectivity index (χ0n) is 14.9. The third kappa shape index (κ3) is 6.41. The molecule has 0 N–H and O–H groups in total. The Morgan fingerprint density at radius 1 is 1.04 bits per heavy atom. The van der Waals surface area contributed by atoms with Gasteiger partial charge in [-0.2, -0.15) is 0 Å². The molecular weight excluding hydrogens is 280 g/mol. The molecule has 23 heavy (non-hydrogen) atoms. The second-order valence-electron chi connectivity index (χ2n) is 7.06. The first-order chi connectivity index (χ1) is 11.3. The van der Waals surface area contributed by atoms with E-state index >= 15 is 0 Å². The summed E-state index contributed by atoms with van der Waals surface area (Å²) >= 11 is 0. The van der Waals surface area contributed by atoms with Crippen molar-refractivity contribution >= 4 is 0 Å². The number of ether oxygens (including phenoxy) is 1. The van der Waals surface area contributed by atoms with Crippen LogP contribution in [0.15, 0.2) is 36.9 Å². The highest BCUT2D eigenvalue weighted by Gasteiger charge is 2.21. The lowest BCUT2D eigenvalue weighted by molar-refractivity contribution is 0.301. The van der Waals surface area contributed by atoms with Crippen LogP contribution in [0.4, 0.5) is 0 Å². The smallest absolute Gasteiger partial charge is 0.119 e. The van der Waals surface area contributed by atoms with Gasteiger partial charge in [0.1, 0.15) is 5.75 Å². The van der Waals surface area contributed by atoms with Gasteiger partial charge in [-0.25, -0.2) is 0 Å². The fourth-order valence-electron chi connectivity index (χ4n) is 3.72. The van der Waals surface area contributed by atoms with Crippen LogP contribution in [0.3, 0.4) is 0 Å². The van der Waals surface area contributed by atoms with Crippen molar-refractivity contribution in [3.8, 4) is 5.75 Å². The summed E-state index contributed by atoms with van der Waals surface area (Å²) in [5.41, 5.74) is 1.51. The lowest BCUT2D eigenvalue weighted by atomic mass is 9.77. The largest absolute Gasteiger partial charge is 0.494 e. The summed E-state index contributed by atoms with van der Waals surface area (Å²) in [6.45, 7) is 6.82. The Morgan fingerprint density at radius 2 is 1.78 bits per heavy atom. The van der Waals surface area contributed by atoms with Gasteiger partial charge in [-0.15, -0.1) is 6.58 Å². The minimum Gasteiger partial charge on any atom is -0.494 e. The van der Waals surface area contributed by atoms with Gasteiger partial charge in [0.25, 0.3) is 0 Å². The van der Waals surface area contributed by atoms with Crippen LogP contribution in [0, 0.1) is 5.92 Å². The molecule has 0 bridgehead atoms. The molecule has 1 aliphatic carbocycles. The van der Waals surface area contributed by atoms with Crippen molar-refractivity contribution in [3.05, 3.63) is 42.5 Å². The molecule has 0 amide bonds. The van der Waals surface area contributed by atoms with Crippen LogP contribution < -0.4 is 4.74 Å². The molecule has 0 aromatic heterocycles. The van der Waals surface area contributed by atoms with Crippen LogP contribution in [0.25, 0.3) is 0 Å². The van der Waals surface area contributed by atoms with Crippen LogP contribution in [0.2, 0.25) is 0 Å². The van der Waals surface area contributed by atoms with E-state index in [1.807, 2.05) is 6.08 Å². The van der Waals surface area contributed by atoms with E-state index in [1.54, 1.807) is 0 Å². The summed E-state index contributed by atoms with van der Waals surface area (Å²) < 4.78 is 5.77. The molecule has 0 unspecified atom stereocenters. The number of unbranched alkanes of at least 4 members (excludes halogenated alkanes) is 3. The summed E-state index contributed by atoms with van der Waals surface area (Å²) in [5, 5.41) is 0. The van der Waals surface area contributed by atoms with Gasteiger partial charge in [-0.05, 0) is 68.1 Å². The van der Waals surface area contributed by atoms with Crippen molar-refractivity contribution < 1.29 is 4.74 Å². The monoisotopic (exact) mass is 314 g/mol. The van der Waals surface area contributed by atoms with Crippen molar-refractivity contribution in [3.63, 3.8) is 0 Å². The molecule has 1 aromatic rings. The molecule has 1 saturated carbocycles. The Hall–Kier alpha value is -1.24. The fraction of sp³-hybridized carbons (Fsp3) is 0.636. The zero-order chi connectivity index (χ0) is 16.3. The van der Waals surface area contributed by atoms with Gasteiger partial charge in [-0.1, -0.05) is 50.8 Å². The summed E-state index contributed by atoms with van der Waals surface area (Å²) in [4.78, 5) is 0. The summed E-state index contributed by atoms with van der Waals surface area (Å²) in [7, 11) is 0. The molecule has 0 saturated heterocycles. The molecule has 1 nitrogen and oxygen atoms in total. The number of hydrogen-bond acceptors (Lipinski definition) is 1. The molecule has 0 atom stereocenters. The normalized spacial score (nSPS) is 21.1. The Morgan fingerprint density at radius 3 is 2.43 bits per heavy atom. The molecule has 128 valence electrons. The van der Waals surface area contributed by atoms with Gasteiger partial charge in [0.15, 0.2) is 0 Å². The van der Waals surface area contributed by atoms with Gasteiger partial charge < -0.3 is 4.74 Å². The van der Waals surface area contributed by atoms with Crippen LogP contribution in [-0.2, 0) is 0 Å². The number of hydrogen-bond donors (Lipinski definition) is 0. The first kappa shape index (κ1) is 18.1. The maximum atomic E-state index is 5.77. The first-order valence-electron chi connectivity index (χ1n) is 9.67. The van der Waals surface area contributed by atoms with Gasteiger partial charge in [0, 0.05) is 0 Å². The maximum Gasteiger partial charge on any atom is 0.119 e. The van der Waals surface area contributed by atoms with Crippen molar-refractivity contribution in [2.45, 2.75) is 77.0 Å². The van der Waals surface area contributed by atoms with Crippen LogP contribution >= 0.6 is 0 Å². The molecule has 1 aliphatic rings. The zero-order valence-corrected chi connectivity index (χ0v) is 14.9. The quantitative estimate of drug-likeness (QED) is 0.337. The predicted octanol–water partition coefficient (Wildman–Crippen LogP) is 6.89. The van der Waals surface area contributed by atoms with Crippen LogP contribution in [-0.4, -0.2) is 6.61 Å². The second kappa shape index (κ2) is 10.5. The number of benzene rings is 1. The van der Waals surface area contributed by atoms with Gasteiger partial charge in [0.05, 0.1) is 6.61 Å². The van der Waals surface area contributed by atoms with Crippen molar-refractivity contribution in [2.75, 3.05) is 6.61 Å². The summed E-state index contributed by atoms with van der Waals surface area (Å²) in [5.74, 6) is 2.77. The van der Waals surface area contributed by atoms with E-state index in [-0.39, 0.29) is 0 Å². The second-order valence-corrected chi connectivity index (χ2v) is 7.06. The first-order valence-corrected chi connectivity index (χ1v) is 9.67. The van der Waals surface area contributed by atoms with Gasteiger partial charge in [0.2, 0.25) is 0 Å². The molecule has 1 fully saturated rings. The van der Waals surface area contributed by atoms with Crippen molar-refractivity contribution in [1.29, 1.82) is 0 Å². The lowest BCUT2D eigenvalue weighted by Gasteiger charge is -2.29. The highest BCUT2D eigenvalue weighted by atomic mass is 16.5. The van der Waals surface area contributed by atoms with E-state index < -0.39 is 0 Å². The molecule has 1 heteroatoms. The highest BCUT2D eigenvalue weighted by Crippen LogP contribution is 2.38. The van der Waals surface area contributed by atoms with Gasteiger partial charge >= 0.3 is 0 Å². The van der Waals surface area contributed by atoms with E-state index in [0.717, 1.165) is 37.0 Å². The molecule has 0 aliphatic heterocycles. The summed E-state index contributed by atoms with van der Waals surface area (Å²) in [6.07, 6.45) is 15.3. The molecule has 0 heterocycles. The minimum absolute atomic E-state index is 0.771. The average molecular weight is 315 g/mol. The predicted molar refractivity (Wildman–Crippen MR) is 100 cm³/mol. The standard InChI is InChI=1S/C22H34O/c1-3-5-7-9-19-10-12-20(13-11-19)21-14-16-22(17-15-21)23-18-8-6-4-2/h4,14-17,19-20H,2-3,5-13,18H2,1H3. The minimum atomic E-state index is 0.771. The Bertz CT molecular complexity index is 426. The van der Waals surface area contributed by atoms with Crippen molar-refractivity contribution in [1.82, 2.24) is 0 Å². The number of rotatable bonds is 10. The Kier molecular flexibility index (Phi) is 8.28. The maximum absolute atomic E-state index is 5.77. The molecular formula is C22H34O. The number of allylic oxidation sites excluding steroid dienone is 1. The highest BCUT2D eigenvalue weighted by molar-refractivity contribution is 5.29. The van der Waals surface area contributed by atoms with Crippen LogP contribution in [0.1, 0.15) is 82.6 Å². The van der Waals surface area contributed by atoms with E-state index in [2.05, 4.69) is 37.8 Å². The fourth-order valence-corrected chi connectivity index (χ4v) is 3.72. The van der Waals surface area contributed by atoms with Crippen LogP contribution in [0.5, 0.6) is 5.75 Å². The Balaban J connectivity index is 1.72. The lowest BCUT2D eigenvalue weighted by Crippen LogP contribution is -2.13. The van der Waals surface area contributed by atoms with E-state index in [4.69, 9.17) is 4.74 Å².